The Bertz CT molecular complexity index is 1150. The Labute approximate surface area is 179 Å². The van der Waals surface area contributed by atoms with Crippen molar-refractivity contribution in [3.8, 4) is 11.4 Å². The molecule has 2 atom stereocenters. The first kappa shape index (κ1) is 20.4. The number of ether oxygens (including phenoxy) is 1. The van der Waals surface area contributed by atoms with Gasteiger partial charge in [-0.15, -0.1) is 5.10 Å². The number of amides is 1. The number of halogens is 3. The van der Waals surface area contributed by atoms with Gasteiger partial charge in [-0.25, -0.2) is 19.4 Å². The monoisotopic (exact) mass is 449 g/mol. The Hall–Kier alpha value is -3.48. The van der Waals surface area contributed by atoms with E-state index >= 15 is 0 Å². The molecule has 2 aromatic heterocycles. The van der Waals surface area contributed by atoms with Crippen LogP contribution in [0.4, 0.5) is 29.5 Å². The van der Waals surface area contributed by atoms with E-state index in [0.717, 1.165) is 17.5 Å². The first-order valence-corrected chi connectivity index (χ1v) is 9.93. The van der Waals surface area contributed by atoms with Gasteiger partial charge in [0, 0.05) is 11.3 Å². The van der Waals surface area contributed by atoms with E-state index in [2.05, 4.69) is 30.5 Å². The number of nitrogens with one attached hydrogen (secondary N) is 1. The topological polar surface area (TPSA) is 118 Å². The van der Waals surface area contributed by atoms with E-state index in [1.54, 1.807) is 12.1 Å². The average Bonchev–Trinajstić information content (AvgIpc) is 3.23. The van der Waals surface area contributed by atoms with Gasteiger partial charge < -0.3 is 14.7 Å². The van der Waals surface area contributed by atoms with E-state index in [-0.39, 0.29) is 29.1 Å². The normalized spacial score (nSPS) is 20.7. The molecular weight excluding hydrogens is 431 g/mol. The maximum absolute atomic E-state index is 13.1. The van der Waals surface area contributed by atoms with E-state index < -0.39 is 18.8 Å². The zero-order valence-electron chi connectivity index (χ0n) is 16.6. The van der Waals surface area contributed by atoms with E-state index in [9.17, 15) is 18.0 Å². The number of rotatable bonds is 4. The number of carbonyl (C=O) groups is 1. The van der Waals surface area contributed by atoms with Crippen LogP contribution in [0.5, 0.6) is 0 Å². The summed E-state index contributed by atoms with van der Waals surface area (Å²) < 4.78 is 45.6. The number of hydrogen-bond acceptors (Lipinski definition) is 7. The van der Waals surface area contributed by atoms with E-state index in [0.29, 0.717) is 30.3 Å². The summed E-state index contributed by atoms with van der Waals surface area (Å²) >= 11 is 0. The van der Waals surface area contributed by atoms with Gasteiger partial charge >= 0.3 is 12.3 Å². The van der Waals surface area contributed by atoms with Crippen molar-refractivity contribution >= 4 is 28.8 Å². The Morgan fingerprint density at radius 3 is 2.47 bits per heavy atom. The summed E-state index contributed by atoms with van der Waals surface area (Å²) in [6.07, 6.45) is -3.92. The van der Waals surface area contributed by atoms with Crippen molar-refractivity contribution in [2.75, 3.05) is 23.4 Å². The number of morpholine rings is 1. The molecule has 4 heterocycles. The first-order chi connectivity index (χ1) is 15.3. The van der Waals surface area contributed by atoms with E-state index in [4.69, 9.17) is 9.84 Å². The van der Waals surface area contributed by atoms with Crippen molar-refractivity contribution in [3.05, 3.63) is 24.3 Å². The number of aromatic nitrogens is 5. The summed E-state index contributed by atoms with van der Waals surface area (Å²) in [6, 6.07) is 6.36. The standard InChI is InChI=1S/C19H18F3N7O3/c20-19(21,22)9-28-16-14(26-27-28)17(29-12-5-6-13(29)8-32-7-12)25-15(24-16)10-1-3-11(4-2-10)23-18(30)31/h1-4,12-13,23H,5-9H2,(H,30,31). The molecule has 168 valence electrons. The molecule has 2 fully saturated rings. The highest BCUT2D eigenvalue weighted by Gasteiger charge is 2.40. The first-order valence-electron chi connectivity index (χ1n) is 9.93. The molecule has 1 aromatic carbocycles. The number of anilines is 2. The van der Waals surface area contributed by atoms with Crippen LogP contribution in [0.25, 0.3) is 22.6 Å². The van der Waals surface area contributed by atoms with Gasteiger partial charge in [0.25, 0.3) is 0 Å². The van der Waals surface area contributed by atoms with Crippen LogP contribution >= 0.6 is 0 Å². The lowest BCUT2D eigenvalue weighted by Gasteiger charge is -2.35. The molecule has 0 spiro atoms. The fourth-order valence-corrected chi connectivity index (χ4v) is 4.23. The number of hydrogen-bond donors (Lipinski definition) is 2. The van der Waals surface area contributed by atoms with Gasteiger partial charge in [-0.2, -0.15) is 13.2 Å². The zero-order valence-corrected chi connectivity index (χ0v) is 16.6. The maximum atomic E-state index is 13.1. The van der Waals surface area contributed by atoms with Gasteiger partial charge in [-0.1, -0.05) is 5.21 Å². The van der Waals surface area contributed by atoms with Gasteiger partial charge in [0.2, 0.25) is 0 Å². The lowest BCUT2D eigenvalue weighted by atomic mass is 10.2. The molecule has 0 saturated carbocycles. The van der Waals surface area contributed by atoms with Crippen molar-refractivity contribution in [3.63, 3.8) is 0 Å². The second-order valence-electron chi connectivity index (χ2n) is 7.74. The molecule has 3 aromatic rings. The lowest BCUT2D eigenvalue weighted by Crippen LogP contribution is -2.46. The van der Waals surface area contributed by atoms with Crippen molar-refractivity contribution in [1.82, 2.24) is 25.0 Å². The quantitative estimate of drug-likeness (QED) is 0.624. The highest BCUT2D eigenvalue weighted by Crippen LogP contribution is 2.37. The van der Waals surface area contributed by atoms with Gasteiger partial charge in [0.05, 0.1) is 25.3 Å². The molecule has 0 aliphatic carbocycles. The molecule has 10 nitrogen and oxygen atoms in total. The summed E-state index contributed by atoms with van der Waals surface area (Å²) in [6.45, 7) is -0.315. The predicted octanol–water partition coefficient (Wildman–Crippen LogP) is 2.91. The van der Waals surface area contributed by atoms with Crippen LogP contribution in [0, 0.1) is 0 Å². The molecule has 32 heavy (non-hydrogen) atoms. The molecular formula is C19H18F3N7O3. The summed E-state index contributed by atoms with van der Waals surface area (Å²) in [5, 5.41) is 18.8. The number of carboxylic acid groups (broad SMARTS) is 1. The van der Waals surface area contributed by atoms with Gasteiger partial charge in [-0.3, -0.25) is 5.32 Å². The van der Waals surface area contributed by atoms with Gasteiger partial charge in [0.15, 0.2) is 22.8 Å². The van der Waals surface area contributed by atoms with E-state index in [1.165, 1.54) is 12.1 Å². The number of fused-ring (bicyclic) bond motifs is 3. The van der Waals surface area contributed by atoms with Crippen molar-refractivity contribution in [1.29, 1.82) is 0 Å². The summed E-state index contributed by atoms with van der Waals surface area (Å²) in [5.74, 6) is 0.632. The number of alkyl halides is 3. The van der Waals surface area contributed by atoms with Crippen LogP contribution in [-0.4, -0.2) is 67.6 Å². The Kier molecular flexibility index (Phi) is 4.84. The minimum absolute atomic E-state index is 0.0130. The minimum atomic E-state index is -4.49. The summed E-state index contributed by atoms with van der Waals surface area (Å²) in [7, 11) is 0. The fraction of sp³-hybridized carbons (Fsp3) is 0.421. The molecule has 1 amide bonds. The lowest BCUT2D eigenvalue weighted by molar-refractivity contribution is -0.142. The number of benzene rings is 1. The largest absolute Gasteiger partial charge is 0.465 e. The highest BCUT2D eigenvalue weighted by atomic mass is 19.4. The van der Waals surface area contributed by atoms with Crippen LogP contribution < -0.4 is 10.2 Å². The maximum Gasteiger partial charge on any atom is 0.409 e. The number of nitrogens with zero attached hydrogens (tertiary/aromatic N) is 6. The van der Waals surface area contributed by atoms with E-state index in [1.807, 2.05) is 0 Å². The van der Waals surface area contributed by atoms with Crippen molar-refractivity contribution in [2.24, 2.45) is 0 Å². The average molecular weight is 449 g/mol. The van der Waals surface area contributed by atoms with Crippen molar-refractivity contribution in [2.45, 2.75) is 37.6 Å². The van der Waals surface area contributed by atoms with Gasteiger partial charge in [0.1, 0.15) is 6.54 Å². The SMILES string of the molecule is O=C(O)Nc1ccc(-c2nc(N3C4CCC3COC4)c3nnn(CC(F)(F)F)c3n2)cc1. The summed E-state index contributed by atoms with van der Waals surface area (Å²) in [5.41, 5.74) is 1.06. The fourth-order valence-electron chi connectivity index (χ4n) is 4.23. The molecule has 2 N–H and O–H groups in total. The third-order valence-electron chi connectivity index (χ3n) is 5.55. The van der Waals surface area contributed by atoms with Gasteiger partial charge in [-0.05, 0) is 37.1 Å². The molecule has 2 unspecified atom stereocenters. The predicted molar refractivity (Wildman–Crippen MR) is 106 cm³/mol. The Morgan fingerprint density at radius 2 is 1.84 bits per heavy atom. The molecule has 2 bridgehead atoms. The smallest absolute Gasteiger partial charge is 0.409 e. The van der Waals surface area contributed by atoms with Crippen LogP contribution in [-0.2, 0) is 11.3 Å². The Morgan fingerprint density at radius 1 is 1.16 bits per heavy atom. The highest BCUT2D eigenvalue weighted by molar-refractivity contribution is 5.86. The zero-order chi connectivity index (χ0) is 22.5. The molecule has 2 saturated heterocycles. The molecule has 5 rings (SSSR count). The molecule has 0 radical (unpaired) electrons. The summed E-state index contributed by atoms with van der Waals surface area (Å²) in [4.78, 5) is 21.9. The Balaban J connectivity index is 1.63. The molecule has 2 aliphatic rings. The van der Waals surface area contributed by atoms with Crippen LogP contribution in [0.2, 0.25) is 0 Å². The van der Waals surface area contributed by atoms with Crippen molar-refractivity contribution < 1.29 is 27.8 Å². The second-order valence-corrected chi connectivity index (χ2v) is 7.74. The second kappa shape index (κ2) is 7.58. The minimum Gasteiger partial charge on any atom is -0.465 e. The molecule has 2 aliphatic heterocycles. The third-order valence-corrected chi connectivity index (χ3v) is 5.55. The molecule has 13 heteroatoms. The van der Waals surface area contributed by atoms with Crippen LogP contribution in [0.15, 0.2) is 24.3 Å². The third kappa shape index (κ3) is 3.79. The van der Waals surface area contributed by atoms with Crippen LogP contribution in [0.1, 0.15) is 12.8 Å². The van der Waals surface area contributed by atoms with Crippen LogP contribution in [0.3, 0.4) is 0 Å².